The number of amides is 2. The molecule has 98 valence electrons. The third-order valence-electron chi connectivity index (χ3n) is 2.98. The van der Waals surface area contributed by atoms with Gasteiger partial charge in [-0.1, -0.05) is 0 Å². The molecule has 1 atom stereocenters. The molecule has 0 aromatic carbocycles. The van der Waals surface area contributed by atoms with Crippen LogP contribution >= 0.6 is 0 Å². The lowest BCUT2D eigenvalue weighted by atomic mass is 10.1. The van der Waals surface area contributed by atoms with Gasteiger partial charge in [-0.3, -0.25) is 4.98 Å². The number of carbonyl (C=O) groups excluding carboxylic acids is 1. The summed E-state index contributed by atoms with van der Waals surface area (Å²) < 4.78 is 5.25. The summed E-state index contributed by atoms with van der Waals surface area (Å²) in [6, 6.07) is 3.75. The van der Waals surface area contributed by atoms with Gasteiger partial charge in [0.25, 0.3) is 0 Å². The molecule has 1 saturated heterocycles. The summed E-state index contributed by atoms with van der Waals surface area (Å²) >= 11 is 0. The molecule has 2 amide bonds. The van der Waals surface area contributed by atoms with Crippen LogP contribution in [-0.4, -0.2) is 30.8 Å². The van der Waals surface area contributed by atoms with E-state index < -0.39 is 0 Å². The molecule has 2 rings (SSSR count). The summed E-state index contributed by atoms with van der Waals surface area (Å²) in [4.78, 5) is 15.8. The summed E-state index contributed by atoms with van der Waals surface area (Å²) in [7, 11) is 0. The Morgan fingerprint density at radius 2 is 2.44 bits per heavy atom. The standard InChI is InChI=1S/C13H19N3O2/c1-10-2-4-14-12(6-10)8-16-13(17)15-7-11-3-5-18-9-11/h2,4,6,11H,3,5,7-9H2,1H3,(H2,15,16,17). The van der Waals surface area contributed by atoms with Crippen LogP contribution in [0.5, 0.6) is 0 Å². The number of nitrogens with one attached hydrogen (secondary N) is 2. The van der Waals surface area contributed by atoms with E-state index in [2.05, 4.69) is 15.6 Å². The summed E-state index contributed by atoms with van der Waals surface area (Å²) in [5, 5.41) is 5.65. The van der Waals surface area contributed by atoms with Crippen LogP contribution in [0.3, 0.4) is 0 Å². The summed E-state index contributed by atoms with van der Waals surface area (Å²) in [5.41, 5.74) is 2.01. The van der Waals surface area contributed by atoms with Gasteiger partial charge < -0.3 is 15.4 Å². The number of aryl methyl sites for hydroxylation is 1. The maximum Gasteiger partial charge on any atom is 0.315 e. The Bertz CT molecular complexity index is 403. The van der Waals surface area contributed by atoms with Crippen LogP contribution in [-0.2, 0) is 11.3 Å². The van der Waals surface area contributed by atoms with Gasteiger partial charge in [0.2, 0.25) is 0 Å². The molecule has 18 heavy (non-hydrogen) atoms. The lowest BCUT2D eigenvalue weighted by molar-refractivity contribution is 0.185. The fraction of sp³-hybridized carbons (Fsp3) is 0.538. The minimum Gasteiger partial charge on any atom is -0.381 e. The van der Waals surface area contributed by atoms with Crippen molar-refractivity contribution in [1.29, 1.82) is 0 Å². The molecule has 0 radical (unpaired) electrons. The third-order valence-corrected chi connectivity index (χ3v) is 2.98. The van der Waals surface area contributed by atoms with Crippen LogP contribution < -0.4 is 10.6 Å². The first-order valence-corrected chi connectivity index (χ1v) is 6.25. The quantitative estimate of drug-likeness (QED) is 0.843. The summed E-state index contributed by atoms with van der Waals surface area (Å²) in [5.74, 6) is 0.452. The highest BCUT2D eigenvalue weighted by Gasteiger charge is 2.15. The van der Waals surface area contributed by atoms with Crippen LogP contribution in [0.25, 0.3) is 0 Å². The highest BCUT2D eigenvalue weighted by molar-refractivity contribution is 5.73. The van der Waals surface area contributed by atoms with Crippen LogP contribution in [0.15, 0.2) is 18.3 Å². The first-order valence-electron chi connectivity index (χ1n) is 6.25. The third kappa shape index (κ3) is 4.00. The lowest BCUT2D eigenvalue weighted by Crippen LogP contribution is -2.38. The van der Waals surface area contributed by atoms with Crippen LogP contribution in [0, 0.1) is 12.8 Å². The average Bonchev–Trinajstić information content (AvgIpc) is 2.87. The van der Waals surface area contributed by atoms with E-state index in [1.54, 1.807) is 6.20 Å². The molecule has 0 bridgehead atoms. The summed E-state index contributed by atoms with van der Waals surface area (Å²) in [6.45, 7) is 4.69. The lowest BCUT2D eigenvalue weighted by Gasteiger charge is -2.10. The number of nitrogens with zero attached hydrogens (tertiary/aromatic N) is 1. The molecule has 1 fully saturated rings. The van der Waals surface area contributed by atoms with E-state index in [1.807, 2.05) is 19.1 Å². The van der Waals surface area contributed by atoms with Gasteiger partial charge in [-0.2, -0.15) is 0 Å². The maximum atomic E-state index is 11.6. The summed E-state index contributed by atoms with van der Waals surface area (Å²) in [6.07, 6.45) is 2.78. The monoisotopic (exact) mass is 249 g/mol. The molecule has 2 heterocycles. The van der Waals surface area contributed by atoms with E-state index in [4.69, 9.17) is 4.74 Å². The molecule has 0 aliphatic carbocycles. The predicted molar refractivity (Wildman–Crippen MR) is 68.1 cm³/mol. The van der Waals surface area contributed by atoms with Gasteiger partial charge in [0, 0.05) is 25.3 Å². The molecular weight excluding hydrogens is 230 g/mol. The van der Waals surface area contributed by atoms with E-state index >= 15 is 0 Å². The van der Waals surface area contributed by atoms with Gasteiger partial charge in [0.05, 0.1) is 18.8 Å². The van der Waals surface area contributed by atoms with Crippen molar-refractivity contribution in [3.8, 4) is 0 Å². The second-order valence-electron chi connectivity index (χ2n) is 4.62. The van der Waals surface area contributed by atoms with Gasteiger partial charge >= 0.3 is 6.03 Å². The molecule has 1 unspecified atom stereocenters. The molecule has 5 nitrogen and oxygen atoms in total. The Hall–Kier alpha value is -1.62. The van der Waals surface area contributed by atoms with Crippen molar-refractivity contribution in [2.45, 2.75) is 19.9 Å². The molecule has 0 spiro atoms. The fourth-order valence-corrected chi connectivity index (χ4v) is 1.91. The van der Waals surface area contributed by atoms with E-state index in [-0.39, 0.29) is 6.03 Å². The minimum absolute atomic E-state index is 0.148. The highest BCUT2D eigenvalue weighted by Crippen LogP contribution is 2.10. The first-order chi connectivity index (χ1) is 8.74. The second kappa shape index (κ2) is 6.35. The average molecular weight is 249 g/mol. The van der Waals surface area contributed by atoms with E-state index in [9.17, 15) is 4.79 Å². The van der Waals surface area contributed by atoms with E-state index in [1.165, 1.54) is 0 Å². The first kappa shape index (κ1) is 12.8. The molecule has 1 aromatic heterocycles. The number of ether oxygens (including phenoxy) is 1. The zero-order chi connectivity index (χ0) is 12.8. The van der Waals surface area contributed by atoms with Gasteiger partial charge in [0.15, 0.2) is 0 Å². The topological polar surface area (TPSA) is 63.2 Å². The van der Waals surface area contributed by atoms with Crippen LogP contribution in [0.2, 0.25) is 0 Å². The Morgan fingerprint density at radius 3 is 3.17 bits per heavy atom. The Kier molecular flexibility index (Phi) is 4.52. The number of urea groups is 1. The van der Waals surface area contributed by atoms with Crippen LogP contribution in [0.4, 0.5) is 4.79 Å². The number of aromatic nitrogens is 1. The zero-order valence-corrected chi connectivity index (χ0v) is 10.6. The largest absolute Gasteiger partial charge is 0.381 e. The Morgan fingerprint density at radius 1 is 1.56 bits per heavy atom. The number of hydrogen-bond acceptors (Lipinski definition) is 3. The molecule has 1 aliphatic heterocycles. The molecular formula is C13H19N3O2. The van der Waals surface area contributed by atoms with Gasteiger partial charge in [-0.05, 0) is 31.0 Å². The molecule has 2 N–H and O–H groups in total. The number of carbonyl (C=O) groups is 1. The van der Waals surface area contributed by atoms with Crippen molar-refractivity contribution in [3.63, 3.8) is 0 Å². The SMILES string of the molecule is Cc1ccnc(CNC(=O)NCC2CCOC2)c1. The van der Waals surface area contributed by atoms with Gasteiger partial charge in [-0.15, -0.1) is 0 Å². The number of hydrogen-bond donors (Lipinski definition) is 2. The van der Waals surface area contributed by atoms with Crippen LogP contribution in [0.1, 0.15) is 17.7 Å². The Labute approximate surface area is 107 Å². The van der Waals surface area contributed by atoms with Gasteiger partial charge in [0.1, 0.15) is 0 Å². The molecule has 1 aliphatic rings. The van der Waals surface area contributed by atoms with Crippen molar-refractivity contribution < 1.29 is 9.53 Å². The van der Waals surface area contributed by atoms with Crippen molar-refractivity contribution in [2.24, 2.45) is 5.92 Å². The van der Waals surface area contributed by atoms with Gasteiger partial charge in [-0.25, -0.2) is 4.79 Å². The van der Waals surface area contributed by atoms with Crippen molar-refractivity contribution in [2.75, 3.05) is 19.8 Å². The van der Waals surface area contributed by atoms with Crippen molar-refractivity contribution >= 4 is 6.03 Å². The Balaban J connectivity index is 1.68. The predicted octanol–water partition coefficient (Wildman–Crippen LogP) is 1.23. The van der Waals surface area contributed by atoms with Crippen molar-refractivity contribution in [3.05, 3.63) is 29.6 Å². The van der Waals surface area contributed by atoms with E-state index in [0.717, 1.165) is 30.9 Å². The molecule has 1 aromatic rings. The number of pyridine rings is 1. The number of rotatable bonds is 4. The maximum absolute atomic E-state index is 11.6. The normalized spacial score (nSPS) is 18.6. The fourth-order valence-electron chi connectivity index (χ4n) is 1.91. The zero-order valence-electron chi connectivity index (χ0n) is 10.6. The minimum atomic E-state index is -0.148. The highest BCUT2D eigenvalue weighted by atomic mass is 16.5. The van der Waals surface area contributed by atoms with Crippen molar-refractivity contribution in [1.82, 2.24) is 15.6 Å². The smallest absolute Gasteiger partial charge is 0.315 e. The van der Waals surface area contributed by atoms with E-state index in [0.29, 0.717) is 19.0 Å². The molecule has 5 heteroatoms. The molecule has 0 saturated carbocycles. The second-order valence-corrected chi connectivity index (χ2v) is 4.62.